The molecule has 1 unspecified atom stereocenters. The van der Waals surface area contributed by atoms with Crippen molar-refractivity contribution in [3.05, 3.63) is 23.8 Å². The van der Waals surface area contributed by atoms with Crippen LogP contribution in [-0.2, 0) is 4.79 Å². The smallest absolute Gasteiger partial charge is 0.239 e. The summed E-state index contributed by atoms with van der Waals surface area (Å²) in [5.41, 5.74) is 6.33. The molecule has 2 rings (SSSR count). The van der Waals surface area contributed by atoms with Crippen molar-refractivity contribution in [2.45, 2.75) is 12.5 Å². The number of benzene rings is 1. The monoisotopic (exact) mass is 324 g/mol. The minimum absolute atomic E-state index is 0.00849. The van der Waals surface area contributed by atoms with Crippen LogP contribution in [0.4, 0.5) is 0 Å². The molecule has 1 aliphatic heterocycles. The lowest BCUT2D eigenvalue weighted by Gasteiger charge is -2.20. The number of fused-ring (bicyclic) bond motifs is 1. The molecule has 1 atom stereocenters. The van der Waals surface area contributed by atoms with E-state index in [-0.39, 0.29) is 25.0 Å². The van der Waals surface area contributed by atoms with Gasteiger partial charge in [-0.25, -0.2) is 0 Å². The average Bonchev–Trinajstić information content (AvgIpc) is 2.99. The van der Waals surface area contributed by atoms with Crippen molar-refractivity contribution in [2.24, 2.45) is 5.73 Å². The van der Waals surface area contributed by atoms with Crippen molar-refractivity contribution in [1.82, 2.24) is 4.90 Å². The highest BCUT2D eigenvalue weighted by Gasteiger charge is 2.21. The number of amides is 1. The molecule has 0 saturated heterocycles. The zero-order valence-electron chi connectivity index (χ0n) is 12.7. The van der Waals surface area contributed by atoms with Gasteiger partial charge in [0.05, 0.1) is 12.6 Å². The third kappa shape index (κ3) is 3.92. The van der Waals surface area contributed by atoms with Crippen LogP contribution in [0.2, 0.25) is 0 Å². The fourth-order valence-electron chi connectivity index (χ4n) is 2.11. The van der Waals surface area contributed by atoms with Crippen LogP contribution in [0.3, 0.4) is 0 Å². The number of carbonyl (C=O) groups is 2. The van der Waals surface area contributed by atoms with Gasteiger partial charge in [0.2, 0.25) is 12.7 Å². The van der Waals surface area contributed by atoms with Gasteiger partial charge >= 0.3 is 0 Å². The normalized spacial score (nSPS) is 13.8. The molecule has 0 bridgehead atoms. The standard InChI is InChI=1S/C15H20N2O4S/c1-17(15(19)11(16)5-6-22-2)8-12(18)10-3-4-13-14(7-10)21-9-20-13/h3-4,7,11H,5-6,8-9,16H2,1-2H3. The lowest BCUT2D eigenvalue weighted by molar-refractivity contribution is -0.130. The predicted octanol–water partition coefficient (Wildman–Crippen LogP) is 1.14. The summed E-state index contributed by atoms with van der Waals surface area (Å²) in [6.07, 6.45) is 2.56. The van der Waals surface area contributed by atoms with Gasteiger partial charge < -0.3 is 20.1 Å². The molecule has 1 aromatic rings. The van der Waals surface area contributed by atoms with E-state index in [0.29, 0.717) is 23.5 Å². The van der Waals surface area contributed by atoms with Crippen molar-refractivity contribution in [3.63, 3.8) is 0 Å². The first-order valence-electron chi connectivity index (χ1n) is 6.95. The maximum atomic E-state index is 12.3. The number of carbonyl (C=O) groups excluding carboxylic acids is 2. The first-order chi connectivity index (χ1) is 10.5. The molecular weight excluding hydrogens is 304 g/mol. The molecule has 1 amide bonds. The first kappa shape index (κ1) is 16.6. The van der Waals surface area contributed by atoms with Crippen molar-refractivity contribution in [1.29, 1.82) is 0 Å². The molecule has 6 nitrogen and oxygen atoms in total. The Bertz CT molecular complexity index is 564. The summed E-state index contributed by atoms with van der Waals surface area (Å²) in [7, 11) is 1.59. The van der Waals surface area contributed by atoms with Crippen molar-refractivity contribution < 1.29 is 19.1 Å². The molecule has 1 aromatic carbocycles. The van der Waals surface area contributed by atoms with E-state index in [9.17, 15) is 9.59 Å². The number of hydrogen-bond acceptors (Lipinski definition) is 6. The van der Waals surface area contributed by atoms with Crippen LogP contribution in [0.15, 0.2) is 18.2 Å². The summed E-state index contributed by atoms with van der Waals surface area (Å²) in [5.74, 6) is 1.61. The molecule has 1 heterocycles. The Balaban J connectivity index is 1.94. The number of thioether (sulfide) groups is 1. The second-order valence-electron chi connectivity index (χ2n) is 5.07. The molecule has 0 aliphatic carbocycles. The average molecular weight is 324 g/mol. The highest BCUT2D eigenvalue weighted by atomic mass is 32.2. The van der Waals surface area contributed by atoms with E-state index >= 15 is 0 Å². The Labute approximate surface area is 133 Å². The fraction of sp³-hybridized carbons (Fsp3) is 0.467. The summed E-state index contributed by atoms with van der Waals surface area (Å²) in [5, 5.41) is 0. The van der Waals surface area contributed by atoms with Crippen LogP contribution in [0, 0.1) is 0 Å². The van der Waals surface area contributed by atoms with E-state index in [1.807, 2.05) is 6.26 Å². The van der Waals surface area contributed by atoms with Crippen LogP contribution in [0.1, 0.15) is 16.8 Å². The van der Waals surface area contributed by atoms with E-state index in [2.05, 4.69) is 0 Å². The third-order valence-electron chi connectivity index (χ3n) is 3.40. The summed E-state index contributed by atoms with van der Waals surface area (Å²) in [4.78, 5) is 25.7. The van der Waals surface area contributed by atoms with Gasteiger partial charge in [-0.3, -0.25) is 9.59 Å². The van der Waals surface area contributed by atoms with Crippen LogP contribution in [-0.4, -0.2) is 55.0 Å². The van der Waals surface area contributed by atoms with Gasteiger partial charge in [0.15, 0.2) is 17.3 Å². The number of likely N-dealkylation sites (N-methyl/N-ethyl adjacent to an activating group) is 1. The van der Waals surface area contributed by atoms with Gasteiger partial charge in [0.1, 0.15) is 0 Å². The molecule has 22 heavy (non-hydrogen) atoms. The summed E-state index contributed by atoms with van der Waals surface area (Å²) >= 11 is 1.64. The van der Waals surface area contributed by atoms with E-state index in [4.69, 9.17) is 15.2 Å². The summed E-state index contributed by atoms with van der Waals surface area (Å²) in [6.45, 7) is 0.154. The van der Waals surface area contributed by atoms with E-state index in [1.165, 1.54) is 4.90 Å². The SMILES string of the molecule is CSCCC(N)C(=O)N(C)CC(=O)c1ccc2c(c1)OCO2. The van der Waals surface area contributed by atoms with Crippen LogP contribution in [0.5, 0.6) is 11.5 Å². The number of nitrogens with two attached hydrogens (primary N) is 1. The topological polar surface area (TPSA) is 81.9 Å². The number of rotatable bonds is 7. The summed E-state index contributed by atoms with van der Waals surface area (Å²) in [6, 6.07) is 4.43. The Morgan fingerprint density at radius 2 is 2.09 bits per heavy atom. The molecule has 7 heteroatoms. The van der Waals surface area contributed by atoms with Gasteiger partial charge in [-0.05, 0) is 36.6 Å². The molecule has 0 spiro atoms. The minimum Gasteiger partial charge on any atom is -0.454 e. The second kappa shape index (κ2) is 7.51. The highest BCUT2D eigenvalue weighted by Crippen LogP contribution is 2.32. The van der Waals surface area contributed by atoms with Gasteiger partial charge in [-0.2, -0.15) is 11.8 Å². The lowest BCUT2D eigenvalue weighted by atomic mass is 10.1. The van der Waals surface area contributed by atoms with Crippen molar-refractivity contribution in [3.8, 4) is 11.5 Å². The van der Waals surface area contributed by atoms with Crippen LogP contribution >= 0.6 is 11.8 Å². The van der Waals surface area contributed by atoms with Gasteiger partial charge in [-0.1, -0.05) is 0 Å². The fourth-order valence-corrected chi connectivity index (χ4v) is 2.60. The number of ether oxygens (including phenoxy) is 2. The Kier molecular flexibility index (Phi) is 5.68. The minimum atomic E-state index is -0.568. The Morgan fingerprint density at radius 3 is 2.82 bits per heavy atom. The molecule has 0 aromatic heterocycles. The van der Waals surface area contributed by atoms with Crippen LogP contribution in [0.25, 0.3) is 0 Å². The third-order valence-corrected chi connectivity index (χ3v) is 4.05. The predicted molar refractivity (Wildman–Crippen MR) is 85.5 cm³/mol. The lowest BCUT2D eigenvalue weighted by Crippen LogP contribution is -2.44. The van der Waals surface area contributed by atoms with Crippen LogP contribution < -0.4 is 15.2 Å². The largest absolute Gasteiger partial charge is 0.454 e. The highest BCUT2D eigenvalue weighted by molar-refractivity contribution is 7.98. The number of hydrogen-bond donors (Lipinski definition) is 1. The molecule has 1 aliphatic rings. The maximum absolute atomic E-state index is 12.3. The van der Waals surface area contributed by atoms with Crippen molar-refractivity contribution >= 4 is 23.5 Å². The second-order valence-corrected chi connectivity index (χ2v) is 6.06. The Hall–Kier alpha value is -1.73. The van der Waals surface area contributed by atoms with Gasteiger partial charge in [0.25, 0.3) is 0 Å². The number of ketones is 1. The first-order valence-corrected chi connectivity index (χ1v) is 8.34. The van der Waals surface area contributed by atoms with E-state index < -0.39 is 6.04 Å². The number of Topliss-reactive ketones (excluding diaryl/α,β-unsaturated/α-hetero) is 1. The molecule has 0 saturated carbocycles. The molecular formula is C15H20N2O4S. The molecule has 0 radical (unpaired) electrons. The van der Waals surface area contributed by atoms with Gasteiger partial charge in [0, 0.05) is 12.6 Å². The molecule has 0 fully saturated rings. The van der Waals surface area contributed by atoms with E-state index in [1.54, 1.807) is 37.0 Å². The van der Waals surface area contributed by atoms with E-state index in [0.717, 1.165) is 5.75 Å². The maximum Gasteiger partial charge on any atom is 0.239 e. The molecule has 2 N–H and O–H groups in total. The Morgan fingerprint density at radius 1 is 1.36 bits per heavy atom. The zero-order chi connectivity index (χ0) is 16.1. The molecule has 120 valence electrons. The van der Waals surface area contributed by atoms with Crippen molar-refractivity contribution in [2.75, 3.05) is 32.4 Å². The van der Waals surface area contributed by atoms with Gasteiger partial charge in [-0.15, -0.1) is 0 Å². The number of nitrogens with zero attached hydrogens (tertiary/aromatic N) is 1. The summed E-state index contributed by atoms with van der Waals surface area (Å²) < 4.78 is 10.5. The zero-order valence-corrected chi connectivity index (χ0v) is 13.5. The quantitative estimate of drug-likeness (QED) is 0.757.